The molecule has 3 aliphatic rings. The molecule has 0 bridgehead atoms. The van der Waals surface area contributed by atoms with E-state index in [0.29, 0.717) is 5.69 Å². The lowest BCUT2D eigenvalue weighted by atomic mass is 9.97. The minimum absolute atomic E-state index is 0. The highest BCUT2D eigenvalue weighted by Gasteiger charge is 2.55. The number of unbranched alkanes of at least 4 members (excludes halogenated alkanes) is 1. The van der Waals surface area contributed by atoms with Gasteiger partial charge in [0.05, 0.1) is 0 Å². The van der Waals surface area contributed by atoms with Crippen molar-refractivity contribution in [1.29, 1.82) is 0 Å². The fourth-order valence-electron chi connectivity index (χ4n) is 6.28. The summed E-state index contributed by atoms with van der Waals surface area (Å²) in [6, 6.07) is 7.10. The summed E-state index contributed by atoms with van der Waals surface area (Å²) in [5.41, 5.74) is 5.74. The molecule has 276 valence electrons. The van der Waals surface area contributed by atoms with Crippen LogP contribution < -0.4 is 22.3 Å². The van der Waals surface area contributed by atoms with E-state index in [1.54, 1.807) is 25.3 Å². The Labute approximate surface area is 293 Å². The van der Waals surface area contributed by atoms with Crippen molar-refractivity contribution < 1.29 is 44.2 Å². The van der Waals surface area contributed by atoms with Gasteiger partial charge in [0.25, 0.3) is 11.5 Å². The van der Waals surface area contributed by atoms with E-state index < -0.39 is 84.4 Å². The molecule has 2 fully saturated rings. The Morgan fingerprint density at radius 1 is 1.04 bits per heavy atom. The minimum Gasteiger partial charge on any atom is -0.387 e. The van der Waals surface area contributed by atoms with Crippen LogP contribution in [-0.2, 0) is 30.2 Å². The molecule has 4 heterocycles. The number of H-pyrrole nitrogens is 1. The van der Waals surface area contributed by atoms with Crippen LogP contribution in [0.3, 0.4) is 0 Å². The van der Waals surface area contributed by atoms with Gasteiger partial charge in [0, 0.05) is 38.1 Å². The maximum Gasteiger partial charge on any atom is 0.330 e. The number of halogens is 1. The van der Waals surface area contributed by atoms with E-state index in [9.17, 15) is 39.6 Å². The first-order valence-electron chi connectivity index (χ1n) is 16.1. The second-order valence-corrected chi connectivity index (χ2v) is 12.5. The van der Waals surface area contributed by atoms with Crippen molar-refractivity contribution in [2.24, 2.45) is 5.73 Å². The third kappa shape index (κ3) is 8.02. The number of aliphatic hydroxyl groups excluding tert-OH is 4. The van der Waals surface area contributed by atoms with E-state index in [2.05, 4.69) is 17.2 Å². The number of nitrogens with zero attached hydrogens (tertiary/aromatic N) is 3. The van der Waals surface area contributed by atoms with Crippen molar-refractivity contribution in [2.75, 3.05) is 32.5 Å². The van der Waals surface area contributed by atoms with Crippen LogP contribution in [0.5, 0.6) is 0 Å². The van der Waals surface area contributed by atoms with Gasteiger partial charge in [-0.3, -0.25) is 28.8 Å². The van der Waals surface area contributed by atoms with Gasteiger partial charge < -0.3 is 50.6 Å². The van der Waals surface area contributed by atoms with Gasteiger partial charge >= 0.3 is 5.69 Å². The highest BCUT2D eigenvalue weighted by atomic mass is 35.5. The molecule has 2 aromatic rings. The van der Waals surface area contributed by atoms with Crippen molar-refractivity contribution in [3.8, 4) is 0 Å². The minimum atomic E-state index is -1.77. The number of likely N-dealkylation sites (N-methyl/N-ethyl adjacent to an activating group) is 2. The number of hydrogen-bond donors (Lipinski definition) is 7. The highest BCUT2D eigenvalue weighted by Crippen LogP contribution is 2.36. The summed E-state index contributed by atoms with van der Waals surface area (Å²) in [5.74, 6) is -1.24. The third-order valence-electron chi connectivity index (χ3n) is 9.13. The normalized spacial score (nSPS) is 30.8. The van der Waals surface area contributed by atoms with E-state index in [4.69, 9.17) is 19.9 Å². The largest absolute Gasteiger partial charge is 0.387 e. The molecular formula is C32H45ClN6O11. The van der Waals surface area contributed by atoms with E-state index in [0.717, 1.165) is 46.6 Å². The van der Waals surface area contributed by atoms with E-state index in [-0.39, 0.29) is 31.2 Å². The molecule has 0 aliphatic carbocycles. The summed E-state index contributed by atoms with van der Waals surface area (Å²) in [6.07, 6.45) is -8.12. The molecule has 2 saturated heterocycles. The standard InChI is InChI=1S/C32H44N6O11.ClH/c1-4-5-6-16-7-9-17(10-8-16)34-28(44)18-11-13-36(2)21(29(45)37(18)3)26(49-31-25(43)22(40)19(15-33)47-31)27-23(41)24(42)30(48-27)38-14-12-20(39)35-32(38)46;/h7-12,14,19,21-27,30-31,40-43H,4-6,13,15,33H2,1-3H3,(H,34,44)(H,35,39,46);1H/t19-,21+,22-,23+,24-,25-,26+,27+,30-,31+;/m1./s1. The predicted octanol–water partition coefficient (Wildman–Crippen LogP) is -1.99. The molecule has 8 N–H and O–H groups in total. The number of rotatable bonds is 11. The Kier molecular flexibility index (Phi) is 13.1. The Morgan fingerprint density at radius 3 is 2.36 bits per heavy atom. The maximum atomic E-state index is 14.3. The molecule has 0 radical (unpaired) electrons. The van der Waals surface area contributed by atoms with Crippen LogP contribution in [0.4, 0.5) is 5.69 Å². The molecule has 17 nitrogen and oxygen atoms in total. The van der Waals surface area contributed by atoms with Crippen molar-refractivity contribution in [1.82, 2.24) is 19.4 Å². The number of nitrogens with one attached hydrogen (secondary N) is 2. The van der Waals surface area contributed by atoms with Gasteiger partial charge in [0.15, 0.2) is 12.5 Å². The van der Waals surface area contributed by atoms with E-state index in [1.807, 2.05) is 12.1 Å². The molecule has 1 aromatic carbocycles. The smallest absolute Gasteiger partial charge is 0.330 e. The first kappa shape index (κ1) is 39.3. The lowest BCUT2D eigenvalue weighted by Crippen LogP contribution is -2.59. The summed E-state index contributed by atoms with van der Waals surface area (Å²) < 4.78 is 18.6. The van der Waals surface area contributed by atoms with Crippen LogP contribution in [0.25, 0.3) is 0 Å². The molecule has 50 heavy (non-hydrogen) atoms. The molecule has 3 aliphatic heterocycles. The van der Waals surface area contributed by atoms with Crippen molar-refractivity contribution >= 4 is 29.9 Å². The van der Waals surface area contributed by atoms with Crippen LogP contribution in [0.1, 0.15) is 31.6 Å². The summed E-state index contributed by atoms with van der Waals surface area (Å²) in [5, 5.41) is 46.3. The number of aromatic amines is 1. The average Bonchev–Trinajstić information content (AvgIpc) is 3.48. The van der Waals surface area contributed by atoms with Crippen LogP contribution in [0.15, 0.2) is 57.9 Å². The van der Waals surface area contributed by atoms with Crippen molar-refractivity contribution in [3.63, 3.8) is 0 Å². The average molecular weight is 725 g/mol. The second-order valence-electron chi connectivity index (χ2n) is 12.5. The number of aliphatic hydroxyl groups is 4. The van der Waals surface area contributed by atoms with Crippen LogP contribution in [0.2, 0.25) is 0 Å². The molecule has 0 saturated carbocycles. The summed E-state index contributed by atoms with van der Waals surface area (Å²) in [6.45, 7) is 1.96. The lowest BCUT2D eigenvalue weighted by Gasteiger charge is -2.38. The number of carbonyl (C=O) groups is 2. The first-order chi connectivity index (χ1) is 23.4. The predicted molar refractivity (Wildman–Crippen MR) is 180 cm³/mol. The molecule has 2 amide bonds. The zero-order valence-corrected chi connectivity index (χ0v) is 28.6. The molecule has 0 unspecified atom stereocenters. The first-order valence-corrected chi connectivity index (χ1v) is 16.1. The number of anilines is 1. The molecule has 18 heteroatoms. The van der Waals surface area contributed by atoms with Gasteiger partial charge in [0.2, 0.25) is 5.91 Å². The second kappa shape index (κ2) is 16.7. The Balaban J connectivity index is 0.00000562. The number of aromatic nitrogens is 2. The molecule has 10 atom stereocenters. The van der Waals surface area contributed by atoms with Crippen LogP contribution in [0, 0.1) is 0 Å². The topological polar surface area (TPSA) is 242 Å². The SMILES string of the molecule is CCCCc1ccc(NC(=O)C2=CCN(C)[C@@H]([C@H](O[C@@H]3O[C@H](CN)[C@@H](O)[C@H]3O)[C@H]3O[C@@H](n4ccc(=O)[nH]c4=O)[C@H](O)[C@@H]3O)C(=O)N2C)cc1.Cl. The number of nitrogens with two attached hydrogens (primary N) is 1. The molecule has 1 aromatic heterocycles. The maximum absolute atomic E-state index is 14.3. The summed E-state index contributed by atoms with van der Waals surface area (Å²) >= 11 is 0. The zero-order chi connectivity index (χ0) is 35.6. The quantitative estimate of drug-likeness (QED) is 0.133. The van der Waals surface area contributed by atoms with Gasteiger partial charge in [-0.05, 0) is 43.7 Å². The molecule has 0 spiro atoms. The van der Waals surface area contributed by atoms with Crippen molar-refractivity contribution in [2.45, 2.75) is 87.5 Å². The van der Waals surface area contributed by atoms with Gasteiger partial charge in [0.1, 0.15) is 54.5 Å². The summed E-state index contributed by atoms with van der Waals surface area (Å²) in [4.78, 5) is 56.6. The Bertz CT molecular complexity index is 1640. The van der Waals surface area contributed by atoms with E-state index >= 15 is 0 Å². The van der Waals surface area contributed by atoms with Gasteiger partial charge in [-0.2, -0.15) is 0 Å². The zero-order valence-electron chi connectivity index (χ0n) is 27.8. The number of ether oxygens (including phenoxy) is 3. The molecular weight excluding hydrogens is 680 g/mol. The third-order valence-corrected chi connectivity index (χ3v) is 9.13. The number of aryl methyl sites for hydroxylation is 1. The van der Waals surface area contributed by atoms with Crippen LogP contribution >= 0.6 is 12.4 Å². The van der Waals surface area contributed by atoms with Crippen molar-refractivity contribution in [3.05, 3.63) is 74.7 Å². The fraction of sp³-hybridized carbons (Fsp3) is 0.562. The number of hydrogen-bond acceptors (Lipinski definition) is 13. The lowest BCUT2D eigenvalue weighted by molar-refractivity contribution is -0.232. The monoisotopic (exact) mass is 724 g/mol. The number of benzene rings is 1. The van der Waals surface area contributed by atoms with Gasteiger partial charge in [-0.15, -0.1) is 12.4 Å². The Morgan fingerprint density at radius 2 is 1.74 bits per heavy atom. The Hall–Kier alpha value is -3.49. The number of amides is 2. The summed E-state index contributed by atoms with van der Waals surface area (Å²) in [7, 11) is 2.95. The van der Waals surface area contributed by atoms with Crippen LogP contribution in [-0.4, -0.2) is 134 Å². The molecule has 5 rings (SSSR count). The highest BCUT2D eigenvalue weighted by molar-refractivity contribution is 6.06. The number of carbonyl (C=O) groups excluding carboxylic acids is 2. The van der Waals surface area contributed by atoms with Gasteiger partial charge in [-0.25, -0.2) is 4.79 Å². The van der Waals surface area contributed by atoms with E-state index in [1.165, 1.54) is 11.9 Å². The fourth-order valence-corrected chi connectivity index (χ4v) is 6.28. The van der Waals surface area contributed by atoms with Gasteiger partial charge in [-0.1, -0.05) is 25.5 Å².